The Morgan fingerprint density at radius 1 is 1.33 bits per heavy atom. The highest BCUT2D eigenvalue weighted by molar-refractivity contribution is 5.32. The zero-order valence-corrected chi connectivity index (χ0v) is 10.5. The summed E-state index contributed by atoms with van der Waals surface area (Å²) in [5, 5.41) is 0. The van der Waals surface area contributed by atoms with Gasteiger partial charge in [0, 0.05) is 12.4 Å². The number of aromatic nitrogens is 1. The first-order valence-corrected chi connectivity index (χ1v) is 6.05. The van der Waals surface area contributed by atoms with Gasteiger partial charge in [0.15, 0.2) is 0 Å². The number of fused-ring (bicyclic) bond motifs is 1. The Hall–Kier alpha value is -0.850. The standard InChI is InChI=1S/C11H15N.C3H8/c1-11(2)6-3-4-9-5-7-12-8-10(9)11;1-3-2/h5,7-8H,3-4,6H2,1-2H3;3H2,1-2H3. The smallest absolute Gasteiger partial charge is 0.0308 e. The Bertz CT molecular complexity index is 302. The molecule has 0 unspecified atom stereocenters. The van der Waals surface area contributed by atoms with Gasteiger partial charge < -0.3 is 0 Å². The van der Waals surface area contributed by atoms with Crippen LogP contribution in [0.3, 0.4) is 0 Å². The molecular formula is C14H23N. The summed E-state index contributed by atoms with van der Waals surface area (Å²) >= 11 is 0. The number of aryl methyl sites for hydroxylation is 1. The van der Waals surface area contributed by atoms with E-state index in [2.05, 4.69) is 38.7 Å². The van der Waals surface area contributed by atoms with Gasteiger partial charge in [-0.25, -0.2) is 0 Å². The number of hydrogen-bond acceptors (Lipinski definition) is 1. The molecule has 0 amide bonds. The molecule has 0 fully saturated rings. The fraction of sp³-hybridized carbons (Fsp3) is 0.643. The molecule has 84 valence electrons. The highest BCUT2D eigenvalue weighted by atomic mass is 14.6. The van der Waals surface area contributed by atoms with Crippen molar-refractivity contribution in [3.05, 3.63) is 29.6 Å². The minimum atomic E-state index is 0.349. The summed E-state index contributed by atoms with van der Waals surface area (Å²) in [6, 6.07) is 2.16. The first-order chi connectivity index (χ1) is 7.11. The Morgan fingerprint density at radius 2 is 2.00 bits per heavy atom. The van der Waals surface area contributed by atoms with Gasteiger partial charge in [-0.1, -0.05) is 34.1 Å². The van der Waals surface area contributed by atoms with Crippen LogP contribution in [0.2, 0.25) is 0 Å². The molecule has 1 nitrogen and oxygen atoms in total. The van der Waals surface area contributed by atoms with Gasteiger partial charge >= 0.3 is 0 Å². The van der Waals surface area contributed by atoms with Crippen molar-refractivity contribution in [2.75, 3.05) is 0 Å². The van der Waals surface area contributed by atoms with Crippen LogP contribution in [0.1, 0.15) is 58.1 Å². The normalized spacial score (nSPS) is 17.3. The Morgan fingerprint density at radius 3 is 2.60 bits per heavy atom. The predicted molar refractivity (Wildman–Crippen MR) is 66.2 cm³/mol. The fourth-order valence-electron chi connectivity index (χ4n) is 2.11. The molecule has 0 saturated heterocycles. The third kappa shape index (κ3) is 3.05. The molecule has 0 bridgehead atoms. The van der Waals surface area contributed by atoms with Gasteiger partial charge in [-0.05, 0) is 41.9 Å². The summed E-state index contributed by atoms with van der Waals surface area (Å²) < 4.78 is 0. The lowest BCUT2D eigenvalue weighted by Crippen LogP contribution is -2.23. The maximum Gasteiger partial charge on any atom is 0.0308 e. The zero-order chi connectivity index (χ0) is 11.3. The molecule has 0 atom stereocenters. The monoisotopic (exact) mass is 205 g/mol. The molecule has 1 heteroatoms. The largest absolute Gasteiger partial charge is 0.264 e. The van der Waals surface area contributed by atoms with Crippen molar-refractivity contribution in [3.63, 3.8) is 0 Å². The van der Waals surface area contributed by atoms with E-state index < -0.39 is 0 Å². The minimum absolute atomic E-state index is 0.349. The highest BCUT2D eigenvalue weighted by Gasteiger charge is 2.26. The molecule has 1 aromatic heterocycles. The molecule has 0 N–H and O–H groups in total. The maximum atomic E-state index is 4.19. The topological polar surface area (TPSA) is 12.9 Å². The van der Waals surface area contributed by atoms with E-state index in [1.54, 1.807) is 0 Å². The molecule has 1 heterocycles. The third-order valence-electron chi connectivity index (χ3n) is 2.89. The molecule has 1 aliphatic rings. The van der Waals surface area contributed by atoms with Gasteiger partial charge in [0.25, 0.3) is 0 Å². The lowest BCUT2D eigenvalue weighted by Gasteiger charge is -2.31. The second-order valence-corrected chi connectivity index (χ2v) is 4.98. The van der Waals surface area contributed by atoms with Crippen LogP contribution in [0.5, 0.6) is 0 Å². The van der Waals surface area contributed by atoms with Crippen molar-refractivity contribution in [2.45, 2.75) is 58.8 Å². The van der Waals surface area contributed by atoms with Crippen molar-refractivity contribution < 1.29 is 0 Å². The minimum Gasteiger partial charge on any atom is -0.264 e. The maximum absolute atomic E-state index is 4.19. The average molecular weight is 205 g/mol. The Balaban J connectivity index is 0.000000337. The van der Waals surface area contributed by atoms with Gasteiger partial charge in [-0.3, -0.25) is 4.98 Å². The van der Waals surface area contributed by atoms with Crippen LogP contribution < -0.4 is 0 Å². The number of rotatable bonds is 0. The molecule has 1 aliphatic carbocycles. The Labute approximate surface area is 93.9 Å². The molecule has 0 saturated carbocycles. The number of hydrogen-bond donors (Lipinski definition) is 0. The van der Waals surface area contributed by atoms with Crippen molar-refractivity contribution >= 4 is 0 Å². The summed E-state index contributed by atoms with van der Waals surface area (Å²) in [5.74, 6) is 0. The average Bonchev–Trinajstić information content (AvgIpc) is 2.19. The quantitative estimate of drug-likeness (QED) is 0.621. The van der Waals surface area contributed by atoms with Crippen LogP contribution in [-0.4, -0.2) is 4.98 Å². The lowest BCUT2D eigenvalue weighted by atomic mass is 9.74. The highest BCUT2D eigenvalue weighted by Crippen LogP contribution is 2.35. The predicted octanol–water partition coefficient (Wildman–Crippen LogP) is 4.11. The van der Waals surface area contributed by atoms with E-state index in [9.17, 15) is 0 Å². The lowest BCUT2D eigenvalue weighted by molar-refractivity contribution is 0.430. The van der Waals surface area contributed by atoms with Gasteiger partial charge in [0.05, 0.1) is 0 Å². The molecule has 0 aliphatic heterocycles. The molecule has 2 rings (SSSR count). The SMILES string of the molecule is CC1(C)CCCc2ccncc21.CCC. The van der Waals surface area contributed by atoms with Gasteiger partial charge in [0.1, 0.15) is 0 Å². The molecule has 0 spiro atoms. The van der Waals surface area contributed by atoms with Crippen LogP contribution in [0.4, 0.5) is 0 Å². The van der Waals surface area contributed by atoms with E-state index >= 15 is 0 Å². The van der Waals surface area contributed by atoms with Crippen LogP contribution in [0.25, 0.3) is 0 Å². The van der Waals surface area contributed by atoms with Crippen molar-refractivity contribution in [1.29, 1.82) is 0 Å². The van der Waals surface area contributed by atoms with Gasteiger partial charge in [0.2, 0.25) is 0 Å². The molecule has 15 heavy (non-hydrogen) atoms. The van der Waals surface area contributed by atoms with Crippen LogP contribution >= 0.6 is 0 Å². The first kappa shape index (κ1) is 12.2. The van der Waals surface area contributed by atoms with Crippen LogP contribution in [-0.2, 0) is 11.8 Å². The van der Waals surface area contributed by atoms with E-state index in [1.807, 2.05) is 12.4 Å². The fourth-order valence-corrected chi connectivity index (χ4v) is 2.11. The second kappa shape index (κ2) is 5.29. The first-order valence-electron chi connectivity index (χ1n) is 6.05. The van der Waals surface area contributed by atoms with Crippen LogP contribution in [0, 0.1) is 0 Å². The van der Waals surface area contributed by atoms with Gasteiger partial charge in [-0.2, -0.15) is 0 Å². The summed E-state index contributed by atoms with van der Waals surface area (Å²) in [7, 11) is 0. The van der Waals surface area contributed by atoms with Crippen molar-refractivity contribution in [1.82, 2.24) is 4.98 Å². The number of pyridine rings is 1. The van der Waals surface area contributed by atoms with Crippen molar-refractivity contribution in [3.8, 4) is 0 Å². The molecular weight excluding hydrogens is 182 g/mol. The third-order valence-corrected chi connectivity index (χ3v) is 2.89. The van der Waals surface area contributed by atoms with E-state index in [0.29, 0.717) is 5.41 Å². The zero-order valence-electron chi connectivity index (χ0n) is 10.5. The molecule has 0 radical (unpaired) electrons. The van der Waals surface area contributed by atoms with Gasteiger partial charge in [-0.15, -0.1) is 0 Å². The molecule has 0 aromatic carbocycles. The summed E-state index contributed by atoms with van der Waals surface area (Å²) in [5.41, 5.74) is 3.31. The Kier molecular flexibility index (Phi) is 4.31. The van der Waals surface area contributed by atoms with E-state index in [-0.39, 0.29) is 0 Å². The van der Waals surface area contributed by atoms with Crippen LogP contribution in [0.15, 0.2) is 18.5 Å². The summed E-state index contributed by atoms with van der Waals surface area (Å²) in [6.07, 6.45) is 9.05. The number of nitrogens with zero attached hydrogens (tertiary/aromatic N) is 1. The van der Waals surface area contributed by atoms with Crippen molar-refractivity contribution in [2.24, 2.45) is 0 Å². The molecule has 1 aromatic rings. The van der Waals surface area contributed by atoms with E-state index in [1.165, 1.54) is 36.8 Å². The summed E-state index contributed by atoms with van der Waals surface area (Å²) in [4.78, 5) is 4.19. The van der Waals surface area contributed by atoms with E-state index in [4.69, 9.17) is 0 Å². The van der Waals surface area contributed by atoms with E-state index in [0.717, 1.165) is 0 Å². The second-order valence-electron chi connectivity index (χ2n) is 4.98. The summed E-state index contributed by atoms with van der Waals surface area (Å²) in [6.45, 7) is 8.87.